The summed E-state index contributed by atoms with van der Waals surface area (Å²) >= 11 is 0. The lowest BCUT2D eigenvalue weighted by molar-refractivity contribution is -0.384. The summed E-state index contributed by atoms with van der Waals surface area (Å²) in [5, 5.41) is 10.7. The van der Waals surface area contributed by atoms with Gasteiger partial charge in [-0.25, -0.2) is 4.79 Å². The first kappa shape index (κ1) is 27.9. The van der Waals surface area contributed by atoms with Crippen molar-refractivity contribution < 1.29 is 14.5 Å². The van der Waals surface area contributed by atoms with Gasteiger partial charge in [0.25, 0.3) is 5.69 Å². The van der Waals surface area contributed by atoms with Crippen molar-refractivity contribution in [1.29, 1.82) is 0 Å². The van der Waals surface area contributed by atoms with Crippen molar-refractivity contribution in [3.05, 3.63) is 46.5 Å². The molecule has 0 aliphatic carbocycles. The fourth-order valence-corrected chi connectivity index (χ4v) is 3.80. The molecule has 0 N–H and O–H groups in total. The molecule has 1 aromatic rings. The first-order valence-electron chi connectivity index (χ1n) is 12.7. The van der Waals surface area contributed by atoms with Crippen molar-refractivity contribution in [2.24, 2.45) is 0 Å². The number of non-ortho nitro benzene ring substituents is 1. The molecule has 0 unspecified atom stereocenters. The van der Waals surface area contributed by atoms with Crippen LogP contribution in [0.1, 0.15) is 115 Å². The highest BCUT2D eigenvalue weighted by Gasteiger charge is 2.12. The number of unbranched alkanes of at least 4 members (excludes halogenated alkanes) is 15. The van der Waals surface area contributed by atoms with Crippen LogP contribution in [0.3, 0.4) is 0 Å². The van der Waals surface area contributed by atoms with E-state index in [0.29, 0.717) is 12.2 Å². The van der Waals surface area contributed by atoms with Gasteiger partial charge in [0.15, 0.2) is 0 Å². The molecule has 5 nitrogen and oxygen atoms in total. The standard InChI is InChI=1S/C27H43NO4/c1-3-4-5-6-7-8-9-10-11-12-13-14-15-16-17-18-23-32-27(29)24(2)25-19-21-26(22-20-25)28(30)31/h19-22H,2-18,23H2,1H3. The van der Waals surface area contributed by atoms with Gasteiger partial charge >= 0.3 is 5.97 Å². The van der Waals surface area contributed by atoms with Crippen LogP contribution in [-0.4, -0.2) is 17.5 Å². The second-order valence-electron chi connectivity index (χ2n) is 8.72. The zero-order chi connectivity index (χ0) is 23.4. The van der Waals surface area contributed by atoms with Crippen LogP contribution in [0.15, 0.2) is 30.8 Å². The third-order valence-corrected chi connectivity index (χ3v) is 5.90. The Morgan fingerprint density at radius 3 is 1.59 bits per heavy atom. The highest BCUT2D eigenvalue weighted by Crippen LogP contribution is 2.19. The molecule has 0 aliphatic rings. The molecule has 0 amide bonds. The number of carbonyl (C=O) groups excluding carboxylic acids is 1. The predicted octanol–water partition coefficient (Wildman–Crippen LogP) is 8.41. The Hall–Kier alpha value is -2.17. The Bertz CT molecular complexity index is 654. The normalized spacial score (nSPS) is 10.8. The second-order valence-corrected chi connectivity index (χ2v) is 8.72. The van der Waals surface area contributed by atoms with E-state index < -0.39 is 10.9 Å². The number of benzene rings is 1. The average molecular weight is 446 g/mol. The molecule has 0 spiro atoms. The van der Waals surface area contributed by atoms with Crippen LogP contribution < -0.4 is 0 Å². The first-order valence-corrected chi connectivity index (χ1v) is 12.7. The molecule has 0 fully saturated rings. The van der Waals surface area contributed by atoms with E-state index in [1.807, 2.05) is 0 Å². The molecule has 1 aromatic carbocycles. The van der Waals surface area contributed by atoms with Crippen molar-refractivity contribution in [3.63, 3.8) is 0 Å². The van der Waals surface area contributed by atoms with E-state index in [1.54, 1.807) is 0 Å². The highest BCUT2D eigenvalue weighted by molar-refractivity contribution is 6.15. The molecule has 0 heterocycles. The molecule has 0 aliphatic heterocycles. The maximum absolute atomic E-state index is 12.1. The van der Waals surface area contributed by atoms with Gasteiger partial charge in [-0.3, -0.25) is 10.1 Å². The quantitative estimate of drug-likeness (QED) is 0.0664. The largest absolute Gasteiger partial charge is 0.462 e. The minimum absolute atomic E-state index is 0.0110. The van der Waals surface area contributed by atoms with Crippen molar-refractivity contribution >= 4 is 17.2 Å². The molecular formula is C27H43NO4. The lowest BCUT2D eigenvalue weighted by atomic mass is 10.0. The summed E-state index contributed by atoms with van der Waals surface area (Å²) < 4.78 is 5.28. The number of hydrogen-bond acceptors (Lipinski definition) is 4. The molecule has 1 rings (SSSR count). The van der Waals surface area contributed by atoms with Gasteiger partial charge in [0, 0.05) is 12.1 Å². The Kier molecular flexibility index (Phi) is 16.0. The predicted molar refractivity (Wildman–Crippen MR) is 133 cm³/mol. The van der Waals surface area contributed by atoms with Gasteiger partial charge in [0.2, 0.25) is 0 Å². The van der Waals surface area contributed by atoms with Crippen LogP contribution >= 0.6 is 0 Å². The third-order valence-electron chi connectivity index (χ3n) is 5.90. The number of nitro groups is 1. The SMILES string of the molecule is C=C(C(=O)OCCCCCCCCCCCCCCCCCC)c1ccc([N+](=O)[O-])cc1. The Balaban J connectivity index is 1.91. The maximum atomic E-state index is 12.1. The van der Waals surface area contributed by atoms with Crippen LogP contribution in [0.2, 0.25) is 0 Å². The van der Waals surface area contributed by atoms with Crippen LogP contribution in [0.25, 0.3) is 5.57 Å². The molecule has 0 aromatic heterocycles. The fraction of sp³-hybridized carbons (Fsp3) is 0.667. The zero-order valence-electron chi connectivity index (χ0n) is 20.1. The van der Waals surface area contributed by atoms with Gasteiger partial charge in [0.05, 0.1) is 17.1 Å². The molecule has 32 heavy (non-hydrogen) atoms. The first-order chi connectivity index (χ1) is 15.6. The lowest BCUT2D eigenvalue weighted by Crippen LogP contribution is -2.07. The summed E-state index contributed by atoms with van der Waals surface area (Å²) in [6.07, 6.45) is 20.9. The van der Waals surface area contributed by atoms with E-state index in [4.69, 9.17) is 4.74 Å². The lowest BCUT2D eigenvalue weighted by Gasteiger charge is -2.07. The monoisotopic (exact) mass is 445 g/mol. The van der Waals surface area contributed by atoms with Crippen molar-refractivity contribution in [2.75, 3.05) is 6.61 Å². The smallest absolute Gasteiger partial charge is 0.338 e. The van der Waals surface area contributed by atoms with E-state index in [9.17, 15) is 14.9 Å². The van der Waals surface area contributed by atoms with E-state index >= 15 is 0 Å². The van der Waals surface area contributed by atoms with Gasteiger partial charge in [-0.15, -0.1) is 0 Å². The summed E-state index contributed by atoms with van der Waals surface area (Å²) in [4.78, 5) is 22.3. The minimum atomic E-state index is -0.470. The minimum Gasteiger partial charge on any atom is -0.462 e. The van der Waals surface area contributed by atoms with Gasteiger partial charge < -0.3 is 4.74 Å². The molecule has 0 saturated heterocycles. The summed E-state index contributed by atoms with van der Waals surface area (Å²) in [6, 6.07) is 5.78. The molecule has 0 atom stereocenters. The van der Waals surface area contributed by atoms with Gasteiger partial charge in [-0.2, -0.15) is 0 Å². The van der Waals surface area contributed by atoms with E-state index in [2.05, 4.69) is 13.5 Å². The van der Waals surface area contributed by atoms with Crippen molar-refractivity contribution in [3.8, 4) is 0 Å². The number of hydrogen-bond donors (Lipinski definition) is 0. The number of carbonyl (C=O) groups is 1. The summed E-state index contributed by atoms with van der Waals surface area (Å²) in [6.45, 7) is 6.41. The third kappa shape index (κ3) is 13.3. The summed E-state index contributed by atoms with van der Waals surface area (Å²) in [5.41, 5.74) is 0.770. The number of rotatable bonds is 20. The van der Waals surface area contributed by atoms with E-state index in [0.717, 1.165) is 12.8 Å². The Labute approximate surface area is 194 Å². The van der Waals surface area contributed by atoms with Gasteiger partial charge in [-0.05, 0) is 24.1 Å². The van der Waals surface area contributed by atoms with Crippen LogP contribution in [0.4, 0.5) is 5.69 Å². The number of nitrogens with zero attached hydrogens (tertiary/aromatic N) is 1. The van der Waals surface area contributed by atoms with Gasteiger partial charge in [0.1, 0.15) is 0 Å². The fourth-order valence-electron chi connectivity index (χ4n) is 3.80. The highest BCUT2D eigenvalue weighted by atomic mass is 16.6. The van der Waals surface area contributed by atoms with Crippen molar-refractivity contribution in [2.45, 2.75) is 110 Å². The topological polar surface area (TPSA) is 69.4 Å². The number of nitro benzene ring substituents is 1. The molecule has 0 radical (unpaired) electrons. The molecular weight excluding hydrogens is 402 g/mol. The zero-order valence-corrected chi connectivity index (χ0v) is 20.1. The second kappa shape index (κ2) is 18.4. The Morgan fingerprint density at radius 2 is 1.19 bits per heavy atom. The Morgan fingerprint density at radius 1 is 0.781 bits per heavy atom. The van der Waals surface area contributed by atoms with E-state index in [-0.39, 0.29) is 11.3 Å². The average Bonchev–Trinajstić information content (AvgIpc) is 2.80. The molecule has 0 bridgehead atoms. The van der Waals surface area contributed by atoms with Gasteiger partial charge in [-0.1, -0.05) is 110 Å². The molecule has 5 heteroatoms. The van der Waals surface area contributed by atoms with Crippen LogP contribution in [0, 0.1) is 10.1 Å². The van der Waals surface area contributed by atoms with Crippen LogP contribution in [0.5, 0.6) is 0 Å². The summed E-state index contributed by atoms with van der Waals surface area (Å²) in [7, 11) is 0. The number of ether oxygens (including phenoxy) is 1. The molecule has 0 saturated carbocycles. The van der Waals surface area contributed by atoms with E-state index in [1.165, 1.54) is 114 Å². The van der Waals surface area contributed by atoms with Crippen LogP contribution in [-0.2, 0) is 9.53 Å². The van der Waals surface area contributed by atoms with Crippen molar-refractivity contribution in [1.82, 2.24) is 0 Å². The molecule has 180 valence electrons. The maximum Gasteiger partial charge on any atom is 0.338 e. The number of esters is 1. The summed E-state index contributed by atoms with van der Waals surface area (Å²) in [5.74, 6) is -0.459.